The summed E-state index contributed by atoms with van der Waals surface area (Å²) in [4.78, 5) is 12.3. The van der Waals surface area contributed by atoms with Gasteiger partial charge in [0.1, 0.15) is 0 Å². The van der Waals surface area contributed by atoms with E-state index >= 15 is 0 Å². The summed E-state index contributed by atoms with van der Waals surface area (Å²) in [6.45, 7) is 0.436. The summed E-state index contributed by atoms with van der Waals surface area (Å²) in [6.07, 6.45) is 9.61. The van der Waals surface area contributed by atoms with Crippen molar-refractivity contribution in [3.05, 3.63) is 66.1 Å². The quantitative estimate of drug-likeness (QED) is 0.452. The summed E-state index contributed by atoms with van der Waals surface area (Å²) >= 11 is 0. The molecule has 1 aliphatic rings. The predicted octanol–water partition coefficient (Wildman–Crippen LogP) is 4.58. The Labute approximate surface area is 195 Å². The van der Waals surface area contributed by atoms with E-state index in [9.17, 15) is 18.7 Å². The summed E-state index contributed by atoms with van der Waals surface area (Å²) in [5.41, 5.74) is 2.94. The van der Waals surface area contributed by atoms with Crippen LogP contribution in [0.15, 0.2) is 48.9 Å². The zero-order valence-corrected chi connectivity index (χ0v) is 18.7. The molecule has 0 spiro atoms. The van der Waals surface area contributed by atoms with Crippen LogP contribution >= 0.6 is 0 Å². The molecule has 2 aromatic carbocycles. The van der Waals surface area contributed by atoms with Gasteiger partial charge in [0.15, 0.2) is 17.4 Å². The second-order valence-corrected chi connectivity index (χ2v) is 8.96. The molecule has 176 valence electrons. The van der Waals surface area contributed by atoms with Crippen molar-refractivity contribution in [2.75, 3.05) is 6.54 Å². The number of hydrogen-bond donors (Lipinski definition) is 2. The molecule has 2 aromatic heterocycles. The lowest BCUT2D eigenvalue weighted by Crippen LogP contribution is -2.31. The molecule has 0 aliphatic heterocycles. The van der Waals surface area contributed by atoms with Gasteiger partial charge >= 0.3 is 0 Å². The average Bonchev–Trinajstić information content (AvgIpc) is 3.46. The summed E-state index contributed by atoms with van der Waals surface area (Å²) in [6, 6.07) is 8.22. The molecule has 0 bridgehead atoms. The van der Waals surface area contributed by atoms with Gasteiger partial charge in [0.2, 0.25) is 0 Å². The first-order valence-electron chi connectivity index (χ1n) is 11.3. The van der Waals surface area contributed by atoms with Crippen LogP contribution in [0.4, 0.5) is 8.78 Å². The molecule has 2 N–H and O–H groups in total. The Kier molecular flexibility index (Phi) is 5.77. The number of phenols is 1. The zero-order valence-electron chi connectivity index (χ0n) is 18.7. The molecule has 1 fully saturated rings. The molecular formula is C25H25F2N5O2. The maximum atomic E-state index is 13.5. The van der Waals surface area contributed by atoms with Gasteiger partial charge in [-0.2, -0.15) is 10.2 Å². The minimum absolute atomic E-state index is 0.143. The molecule has 1 saturated carbocycles. The fourth-order valence-corrected chi connectivity index (χ4v) is 4.62. The Morgan fingerprint density at radius 1 is 1.09 bits per heavy atom. The van der Waals surface area contributed by atoms with Crippen LogP contribution in [0.25, 0.3) is 22.0 Å². The Bertz CT molecular complexity index is 1330. The number of nitrogens with zero attached hydrogens (tertiary/aromatic N) is 4. The molecular weight excluding hydrogens is 440 g/mol. The summed E-state index contributed by atoms with van der Waals surface area (Å²) in [5.74, 6) is -3.64. The highest BCUT2D eigenvalue weighted by Crippen LogP contribution is 2.33. The lowest BCUT2D eigenvalue weighted by Gasteiger charge is -2.28. The first kappa shape index (κ1) is 22.1. The van der Waals surface area contributed by atoms with Crippen LogP contribution in [-0.4, -0.2) is 37.1 Å². The number of hydrogen-bond acceptors (Lipinski definition) is 4. The number of carbonyl (C=O) groups excluding carboxylic acids is 1. The summed E-state index contributed by atoms with van der Waals surface area (Å²) in [7, 11) is 1.89. The van der Waals surface area contributed by atoms with Gasteiger partial charge in [0.25, 0.3) is 5.91 Å². The first-order chi connectivity index (χ1) is 16.4. The standard InChI is InChI=1S/C25H25F2N5O2/c1-31-13-19(12-29-31)16-4-5-17-14-32(30-23(17)10-16)20-6-2-15(3-7-20)11-28-25(34)18-8-21(26)24(33)22(27)9-18/h4-5,8-10,12-15,20,33H,2-3,6-7,11H2,1H3,(H,28,34). The van der Waals surface area contributed by atoms with E-state index in [4.69, 9.17) is 5.10 Å². The van der Waals surface area contributed by atoms with Gasteiger partial charge in [-0.05, 0) is 55.4 Å². The molecule has 7 nitrogen and oxygen atoms in total. The van der Waals surface area contributed by atoms with Crippen LogP contribution < -0.4 is 5.32 Å². The van der Waals surface area contributed by atoms with E-state index in [0.717, 1.165) is 59.8 Å². The maximum absolute atomic E-state index is 13.5. The SMILES string of the molecule is Cn1cc(-c2ccc3cn(C4CCC(CNC(=O)c5cc(F)c(O)c(F)c5)CC4)nc3c2)cn1. The van der Waals surface area contributed by atoms with Crippen molar-refractivity contribution in [1.29, 1.82) is 0 Å². The van der Waals surface area contributed by atoms with Crippen molar-refractivity contribution in [1.82, 2.24) is 24.9 Å². The van der Waals surface area contributed by atoms with Gasteiger partial charge in [-0.1, -0.05) is 12.1 Å². The zero-order chi connectivity index (χ0) is 23.8. The van der Waals surface area contributed by atoms with E-state index in [1.54, 1.807) is 4.68 Å². The van der Waals surface area contributed by atoms with Gasteiger partial charge in [-0.15, -0.1) is 0 Å². The van der Waals surface area contributed by atoms with Crippen molar-refractivity contribution in [3.8, 4) is 16.9 Å². The molecule has 2 heterocycles. The van der Waals surface area contributed by atoms with E-state index in [2.05, 4.69) is 39.5 Å². The molecule has 1 amide bonds. The number of carbonyl (C=O) groups is 1. The molecule has 0 atom stereocenters. The second-order valence-electron chi connectivity index (χ2n) is 8.96. The van der Waals surface area contributed by atoms with Crippen molar-refractivity contribution < 1.29 is 18.7 Å². The highest BCUT2D eigenvalue weighted by atomic mass is 19.1. The Balaban J connectivity index is 1.18. The fourth-order valence-electron chi connectivity index (χ4n) is 4.62. The number of rotatable bonds is 5. The smallest absolute Gasteiger partial charge is 0.251 e. The van der Waals surface area contributed by atoms with Gasteiger partial charge in [0.05, 0.1) is 17.8 Å². The first-order valence-corrected chi connectivity index (χ1v) is 11.3. The highest BCUT2D eigenvalue weighted by molar-refractivity contribution is 5.94. The molecule has 4 aromatic rings. The van der Waals surface area contributed by atoms with Crippen LogP contribution in [0.3, 0.4) is 0 Å². The number of aryl methyl sites for hydroxylation is 1. The van der Waals surface area contributed by atoms with E-state index in [0.29, 0.717) is 12.6 Å². The number of nitrogens with one attached hydrogen (secondary N) is 1. The molecule has 5 rings (SSSR count). The minimum atomic E-state index is -1.15. The Morgan fingerprint density at radius 3 is 2.50 bits per heavy atom. The Morgan fingerprint density at radius 2 is 1.82 bits per heavy atom. The van der Waals surface area contributed by atoms with Gasteiger partial charge < -0.3 is 10.4 Å². The van der Waals surface area contributed by atoms with Crippen molar-refractivity contribution >= 4 is 16.8 Å². The number of phenolic OH excluding ortho intramolecular Hbond substituents is 1. The summed E-state index contributed by atoms with van der Waals surface area (Å²) < 4.78 is 30.8. The third kappa shape index (κ3) is 4.37. The van der Waals surface area contributed by atoms with Crippen LogP contribution in [0.1, 0.15) is 42.1 Å². The van der Waals surface area contributed by atoms with Crippen LogP contribution in [0, 0.1) is 17.6 Å². The van der Waals surface area contributed by atoms with Gasteiger partial charge in [-0.3, -0.25) is 14.2 Å². The predicted molar refractivity (Wildman–Crippen MR) is 123 cm³/mol. The third-order valence-electron chi connectivity index (χ3n) is 6.58. The number of aromatic hydroxyl groups is 1. The van der Waals surface area contributed by atoms with E-state index < -0.39 is 23.3 Å². The largest absolute Gasteiger partial charge is 0.503 e. The summed E-state index contributed by atoms with van der Waals surface area (Å²) in [5, 5.41) is 22.1. The topological polar surface area (TPSA) is 85.0 Å². The molecule has 0 unspecified atom stereocenters. The maximum Gasteiger partial charge on any atom is 0.251 e. The van der Waals surface area contributed by atoms with E-state index in [1.165, 1.54) is 0 Å². The van der Waals surface area contributed by atoms with E-state index in [-0.39, 0.29) is 11.5 Å². The average molecular weight is 466 g/mol. The minimum Gasteiger partial charge on any atom is -0.503 e. The third-order valence-corrected chi connectivity index (χ3v) is 6.58. The van der Waals surface area contributed by atoms with Crippen LogP contribution in [0.5, 0.6) is 5.75 Å². The number of fused-ring (bicyclic) bond motifs is 1. The second kappa shape index (κ2) is 8.89. The number of aromatic nitrogens is 4. The molecule has 1 aliphatic carbocycles. The Hall–Kier alpha value is -3.75. The van der Waals surface area contributed by atoms with Gasteiger partial charge in [-0.25, -0.2) is 8.78 Å². The van der Waals surface area contributed by atoms with Crippen LogP contribution in [-0.2, 0) is 7.05 Å². The molecule has 9 heteroatoms. The molecule has 0 radical (unpaired) electrons. The lowest BCUT2D eigenvalue weighted by atomic mass is 9.86. The number of halogens is 2. The monoisotopic (exact) mass is 465 g/mol. The normalized spacial score (nSPS) is 18.3. The number of amides is 1. The highest BCUT2D eigenvalue weighted by Gasteiger charge is 2.24. The van der Waals surface area contributed by atoms with Crippen LogP contribution in [0.2, 0.25) is 0 Å². The van der Waals surface area contributed by atoms with E-state index in [1.807, 2.05) is 19.4 Å². The number of benzene rings is 2. The fraction of sp³-hybridized carbons (Fsp3) is 0.320. The van der Waals surface area contributed by atoms with Crippen molar-refractivity contribution in [2.24, 2.45) is 13.0 Å². The lowest BCUT2D eigenvalue weighted by molar-refractivity contribution is 0.0940. The van der Waals surface area contributed by atoms with Crippen molar-refractivity contribution in [3.63, 3.8) is 0 Å². The van der Waals surface area contributed by atoms with Crippen molar-refractivity contribution in [2.45, 2.75) is 31.7 Å². The van der Waals surface area contributed by atoms with Gasteiger partial charge in [0, 0.05) is 42.5 Å². The molecule has 0 saturated heterocycles. The molecule has 34 heavy (non-hydrogen) atoms.